The maximum absolute atomic E-state index is 13.3. The summed E-state index contributed by atoms with van der Waals surface area (Å²) in [6, 6.07) is 7.58. The van der Waals surface area contributed by atoms with E-state index in [9.17, 15) is 9.59 Å². The van der Waals surface area contributed by atoms with Crippen molar-refractivity contribution >= 4 is 28.6 Å². The van der Waals surface area contributed by atoms with Crippen LogP contribution in [-0.2, 0) is 9.53 Å². The minimum Gasteiger partial charge on any atom is -0.492 e. The van der Waals surface area contributed by atoms with E-state index in [0.717, 1.165) is 100 Å². The number of piperidine rings is 1. The number of nitrogens with zero attached hydrogens (tertiary/aromatic N) is 3. The van der Waals surface area contributed by atoms with Crippen molar-refractivity contribution in [1.82, 2.24) is 9.80 Å². The minimum atomic E-state index is -0.434. The number of amides is 2. The Morgan fingerprint density at radius 1 is 1.13 bits per heavy atom. The zero-order chi connectivity index (χ0) is 26.8. The highest BCUT2D eigenvalue weighted by Gasteiger charge is 2.46. The van der Waals surface area contributed by atoms with Gasteiger partial charge in [-0.2, -0.15) is 0 Å². The third kappa shape index (κ3) is 6.38. The molecule has 2 amide bonds. The molecular weight excluding hydrogens is 510 g/mol. The molecule has 7 nitrogen and oxygen atoms in total. The van der Waals surface area contributed by atoms with Gasteiger partial charge in [0.1, 0.15) is 17.1 Å². The highest BCUT2D eigenvalue weighted by molar-refractivity contribution is 8.16. The number of hydrogen-bond acceptors (Lipinski definition) is 6. The summed E-state index contributed by atoms with van der Waals surface area (Å²) in [4.78, 5) is 35.1. The summed E-state index contributed by atoms with van der Waals surface area (Å²) in [5.41, 5.74) is 0.685. The molecule has 0 radical (unpaired) electrons. The number of hydrogen-bond donors (Lipinski definition) is 0. The van der Waals surface area contributed by atoms with Gasteiger partial charge in [0.15, 0.2) is 0 Å². The Hall–Kier alpha value is -1.90. The zero-order valence-corrected chi connectivity index (χ0v) is 24.1. The van der Waals surface area contributed by atoms with Crippen molar-refractivity contribution in [3.05, 3.63) is 29.8 Å². The van der Waals surface area contributed by atoms with Gasteiger partial charge in [-0.1, -0.05) is 24.2 Å². The molecule has 1 aromatic rings. The predicted molar refractivity (Wildman–Crippen MR) is 154 cm³/mol. The topological polar surface area (TPSA) is 71.4 Å². The molecule has 3 heterocycles. The van der Waals surface area contributed by atoms with Crippen LogP contribution in [0.4, 0.5) is 0 Å². The number of carbonyl (C=O) groups is 2. The maximum Gasteiger partial charge on any atom is 0.262 e. The molecule has 4 atom stereocenters. The number of thioether (sulfide) groups is 1. The van der Waals surface area contributed by atoms with Crippen molar-refractivity contribution in [2.24, 2.45) is 28.7 Å². The van der Waals surface area contributed by atoms with Crippen LogP contribution >= 0.6 is 11.8 Å². The first-order chi connectivity index (χ1) is 18.9. The lowest BCUT2D eigenvalue weighted by molar-refractivity contribution is -0.119. The lowest BCUT2D eigenvalue weighted by Crippen LogP contribution is -2.40. The molecule has 0 N–H and O–H groups in total. The second kappa shape index (κ2) is 11.9. The molecule has 0 aromatic heterocycles. The van der Waals surface area contributed by atoms with Crippen LogP contribution in [0.5, 0.6) is 5.75 Å². The highest BCUT2D eigenvalue weighted by atomic mass is 32.2. The third-order valence-electron chi connectivity index (χ3n) is 9.78. The Kier molecular flexibility index (Phi) is 8.33. The summed E-state index contributed by atoms with van der Waals surface area (Å²) < 4.78 is 10.9. The average Bonchev–Trinajstić information content (AvgIpc) is 3.64. The minimum absolute atomic E-state index is 0.0644. The van der Waals surface area contributed by atoms with E-state index >= 15 is 0 Å². The molecular formula is C31H43N3O4S. The molecule has 4 fully saturated rings. The number of likely N-dealkylation sites (tertiary alicyclic amines) is 1. The van der Waals surface area contributed by atoms with Crippen LogP contribution in [0.2, 0.25) is 0 Å². The van der Waals surface area contributed by atoms with Crippen LogP contribution in [0.3, 0.4) is 0 Å². The molecule has 212 valence electrons. The number of carbonyl (C=O) groups excluding carboxylic acids is 2. The maximum atomic E-state index is 13.3. The molecule has 3 unspecified atom stereocenters. The predicted octanol–water partition coefficient (Wildman–Crippen LogP) is 4.90. The molecule has 3 aliphatic heterocycles. The standard InChI is InChI=1S/C31H43N3O4S/c1-31(30(36)32-28(39-31)20-26-18-23-5-6-24(26)17-23)21-22-7-9-34(10-8-22)29(35)25-3-2-4-27(19-25)38-16-13-33-11-14-37-15-12-33/h2-4,19,22-24,26H,5-18,20-21H2,1H3/t23?,24?,26-,31?/m1/s1. The van der Waals surface area contributed by atoms with Crippen molar-refractivity contribution in [2.75, 3.05) is 52.5 Å². The molecule has 2 aliphatic carbocycles. The third-order valence-corrected chi connectivity index (χ3v) is 11.1. The lowest BCUT2D eigenvalue weighted by Gasteiger charge is -2.35. The van der Waals surface area contributed by atoms with E-state index in [4.69, 9.17) is 9.47 Å². The van der Waals surface area contributed by atoms with Gasteiger partial charge in [-0.05, 0) is 93.7 Å². The summed E-state index contributed by atoms with van der Waals surface area (Å²) in [5, 5.41) is 1.08. The van der Waals surface area contributed by atoms with Gasteiger partial charge in [0.05, 0.1) is 18.3 Å². The van der Waals surface area contributed by atoms with Gasteiger partial charge in [0.25, 0.3) is 11.8 Å². The van der Waals surface area contributed by atoms with Crippen LogP contribution in [0.15, 0.2) is 29.3 Å². The monoisotopic (exact) mass is 553 g/mol. The van der Waals surface area contributed by atoms with Gasteiger partial charge in [-0.25, -0.2) is 4.99 Å². The van der Waals surface area contributed by atoms with E-state index < -0.39 is 4.75 Å². The molecule has 39 heavy (non-hydrogen) atoms. The summed E-state index contributed by atoms with van der Waals surface area (Å²) in [6.45, 7) is 8.49. The molecule has 1 aromatic carbocycles. The molecule has 5 aliphatic rings. The molecule has 2 saturated carbocycles. The Labute approximate surface area is 237 Å². The average molecular weight is 554 g/mol. The fourth-order valence-corrected chi connectivity index (χ4v) is 8.93. The van der Waals surface area contributed by atoms with Gasteiger partial charge in [0.2, 0.25) is 0 Å². The van der Waals surface area contributed by atoms with E-state index in [0.29, 0.717) is 18.1 Å². The van der Waals surface area contributed by atoms with Crippen molar-refractivity contribution in [1.29, 1.82) is 0 Å². The molecule has 8 heteroatoms. The molecule has 2 saturated heterocycles. The summed E-state index contributed by atoms with van der Waals surface area (Å²) >= 11 is 1.75. The molecule has 6 rings (SSSR count). The van der Waals surface area contributed by atoms with E-state index in [1.807, 2.05) is 29.2 Å². The second-order valence-corrected chi connectivity index (χ2v) is 14.1. The number of fused-ring (bicyclic) bond motifs is 2. The number of ether oxygens (including phenoxy) is 2. The van der Waals surface area contributed by atoms with E-state index in [1.54, 1.807) is 11.8 Å². The molecule has 0 spiro atoms. The SMILES string of the molecule is CC1(CC2CCN(C(=O)c3cccc(OCCN4CCOCC4)c3)CC2)SC(C[C@H]2CC3CCC2C3)=NC1=O. The smallest absolute Gasteiger partial charge is 0.262 e. The largest absolute Gasteiger partial charge is 0.492 e. The number of benzene rings is 1. The summed E-state index contributed by atoms with van der Waals surface area (Å²) in [6.07, 6.45) is 9.27. The van der Waals surface area contributed by atoms with Gasteiger partial charge in [0, 0.05) is 38.3 Å². The van der Waals surface area contributed by atoms with Crippen molar-refractivity contribution < 1.29 is 19.1 Å². The lowest BCUT2D eigenvalue weighted by atomic mass is 9.86. The first-order valence-electron chi connectivity index (χ1n) is 15.1. The van der Waals surface area contributed by atoms with Gasteiger partial charge >= 0.3 is 0 Å². The fraction of sp³-hybridized carbons (Fsp3) is 0.710. The first kappa shape index (κ1) is 27.3. The van der Waals surface area contributed by atoms with Gasteiger partial charge < -0.3 is 14.4 Å². The van der Waals surface area contributed by atoms with Crippen LogP contribution in [0.25, 0.3) is 0 Å². The summed E-state index contributed by atoms with van der Waals surface area (Å²) in [7, 11) is 0. The van der Waals surface area contributed by atoms with Crippen molar-refractivity contribution in [3.63, 3.8) is 0 Å². The van der Waals surface area contributed by atoms with Crippen molar-refractivity contribution in [2.45, 2.75) is 63.0 Å². The van der Waals surface area contributed by atoms with Crippen LogP contribution in [0, 0.1) is 23.7 Å². The number of morpholine rings is 1. The van der Waals surface area contributed by atoms with Crippen LogP contribution < -0.4 is 4.74 Å². The van der Waals surface area contributed by atoms with Crippen molar-refractivity contribution in [3.8, 4) is 5.75 Å². The Morgan fingerprint density at radius 3 is 2.69 bits per heavy atom. The molecule has 2 bridgehead atoms. The highest BCUT2D eigenvalue weighted by Crippen LogP contribution is 2.51. The van der Waals surface area contributed by atoms with Gasteiger partial charge in [-0.3, -0.25) is 14.5 Å². The second-order valence-electron chi connectivity index (χ2n) is 12.6. The summed E-state index contributed by atoms with van der Waals surface area (Å²) in [5.74, 6) is 3.86. The Bertz CT molecular complexity index is 1080. The van der Waals surface area contributed by atoms with Crippen LogP contribution in [-0.4, -0.2) is 83.9 Å². The Morgan fingerprint density at radius 2 is 1.95 bits per heavy atom. The fourth-order valence-electron chi connectivity index (χ4n) is 7.53. The van der Waals surface area contributed by atoms with E-state index in [1.165, 1.54) is 25.7 Å². The number of rotatable bonds is 9. The van der Waals surface area contributed by atoms with Gasteiger partial charge in [-0.15, -0.1) is 0 Å². The number of aliphatic imine (C=N–C) groups is 1. The zero-order valence-electron chi connectivity index (χ0n) is 23.3. The quantitative estimate of drug-likeness (QED) is 0.433. The van der Waals surface area contributed by atoms with E-state index in [-0.39, 0.29) is 11.8 Å². The normalized spacial score (nSPS) is 31.6. The van der Waals surface area contributed by atoms with Crippen LogP contribution in [0.1, 0.15) is 68.6 Å². The first-order valence-corrected chi connectivity index (χ1v) is 15.9. The Balaban J connectivity index is 0.955. The van der Waals surface area contributed by atoms with E-state index in [2.05, 4.69) is 16.8 Å².